The number of carbonyl (C=O) groups excluding carboxylic acids is 1. The van der Waals surface area contributed by atoms with Crippen LogP contribution >= 0.6 is 0 Å². The number of nitriles is 1. The van der Waals surface area contributed by atoms with Crippen LogP contribution in [0.2, 0.25) is 0 Å². The van der Waals surface area contributed by atoms with Crippen molar-refractivity contribution in [1.82, 2.24) is 5.32 Å². The lowest BCUT2D eigenvalue weighted by Crippen LogP contribution is -2.36. The van der Waals surface area contributed by atoms with Gasteiger partial charge in [-0.1, -0.05) is 25.7 Å². The maximum absolute atomic E-state index is 14.0. The van der Waals surface area contributed by atoms with Crippen molar-refractivity contribution in [3.05, 3.63) is 29.6 Å². The quantitative estimate of drug-likeness (QED) is 0.840. The number of rotatable bonds is 3. The summed E-state index contributed by atoms with van der Waals surface area (Å²) in [5.74, 6) is -1.04. The zero-order valence-electron chi connectivity index (χ0n) is 12.2. The molecule has 1 aliphatic rings. The van der Waals surface area contributed by atoms with Gasteiger partial charge in [-0.05, 0) is 31.0 Å². The van der Waals surface area contributed by atoms with Crippen LogP contribution < -0.4 is 10.6 Å². The molecule has 1 aromatic carbocycles. The SMILES string of the molecule is CNC(=O)c1ccc(NC2(C#N)CCCCCC2)cc1F. The predicted molar refractivity (Wildman–Crippen MR) is 79.5 cm³/mol. The van der Waals surface area contributed by atoms with Crippen LogP contribution in [0.15, 0.2) is 18.2 Å². The molecule has 0 aromatic heterocycles. The van der Waals surface area contributed by atoms with Crippen LogP contribution in [-0.2, 0) is 0 Å². The monoisotopic (exact) mass is 289 g/mol. The molecule has 0 radical (unpaired) electrons. The lowest BCUT2D eigenvalue weighted by molar-refractivity contribution is 0.0959. The van der Waals surface area contributed by atoms with Gasteiger partial charge in [-0.25, -0.2) is 4.39 Å². The number of carbonyl (C=O) groups is 1. The number of benzene rings is 1. The topological polar surface area (TPSA) is 64.9 Å². The fourth-order valence-electron chi connectivity index (χ4n) is 2.78. The highest BCUT2D eigenvalue weighted by Crippen LogP contribution is 2.30. The molecule has 1 aliphatic carbocycles. The molecule has 112 valence electrons. The molecule has 1 saturated carbocycles. The van der Waals surface area contributed by atoms with E-state index in [0.717, 1.165) is 38.5 Å². The first kappa shape index (κ1) is 15.3. The molecule has 1 amide bonds. The van der Waals surface area contributed by atoms with E-state index >= 15 is 0 Å². The Morgan fingerprint density at radius 3 is 2.48 bits per heavy atom. The summed E-state index contributed by atoms with van der Waals surface area (Å²) < 4.78 is 14.0. The number of nitrogens with one attached hydrogen (secondary N) is 2. The average Bonchev–Trinajstić information content (AvgIpc) is 2.73. The second-order valence-corrected chi connectivity index (χ2v) is 5.51. The third-order valence-electron chi connectivity index (χ3n) is 4.00. The van der Waals surface area contributed by atoms with E-state index in [2.05, 4.69) is 16.7 Å². The number of halogens is 1. The van der Waals surface area contributed by atoms with E-state index in [1.165, 1.54) is 19.2 Å². The lowest BCUT2D eigenvalue weighted by atomic mass is 9.91. The summed E-state index contributed by atoms with van der Waals surface area (Å²) in [4.78, 5) is 11.5. The first-order valence-corrected chi connectivity index (χ1v) is 7.31. The molecule has 0 spiro atoms. The molecule has 1 fully saturated rings. The van der Waals surface area contributed by atoms with Crippen molar-refractivity contribution in [1.29, 1.82) is 5.26 Å². The Morgan fingerprint density at radius 1 is 1.29 bits per heavy atom. The lowest BCUT2D eigenvalue weighted by Gasteiger charge is -2.27. The minimum absolute atomic E-state index is 0.00919. The van der Waals surface area contributed by atoms with Crippen LogP contribution in [0.4, 0.5) is 10.1 Å². The fraction of sp³-hybridized carbons (Fsp3) is 0.500. The highest BCUT2D eigenvalue weighted by molar-refractivity contribution is 5.94. The van der Waals surface area contributed by atoms with E-state index in [1.807, 2.05) is 0 Å². The summed E-state index contributed by atoms with van der Waals surface area (Å²) in [6.07, 6.45) is 5.80. The molecule has 0 aliphatic heterocycles. The summed E-state index contributed by atoms with van der Waals surface area (Å²) in [7, 11) is 1.46. The average molecular weight is 289 g/mol. The van der Waals surface area contributed by atoms with E-state index in [0.29, 0.717) is 5.69 Å². The Balaban J connectivity index is 2.20. The molecule has 4 nitrogen and oxygen atoms in total. The maximum Gasteiger partial charge on any atom is 0.253 e. The van der Waals surface area contributed by atoms with Gasteiger partial charge >= 0.3 is 0 Å². The van der Waals surface area contributed by atoms with Crippen LogP contribution in [0.3, 0.4) is 0 Å². The summed E-state index contributed by atoms with van der Waals surface area (Å²) in [6.45, 7) is 0. The second-order valence-electron chi connectivity index (χ2n) is 5.51. The van der Waals surface area contributed by atoms with Gasteiger partial charge in [0.1, 0.15) is 11.4 Å². The summed E-state index contributed by atoms with van der Waals surface area (Å²) in [6, 6.07) is 6.74. The fourth-order valence-corrected chi connectivity index (χ4v) is 2.78. The number of amides is 1. The third kappa shape index (κ3) is 3.52. The number of anilines is 1. The van der Waals surface area contributed by atoms with Crippen LogP contribution in [0.5, 0.6) is 0 Å². The Bertz CT molecular complexity index is 557. The van der Waals surface area contributed by atoms with Gasteiger partial charge in [0.2, 0.25) is 0 Å². The highest BCUT2D eigenvalue weighted by atomic mass is 19.1. The molecule has 0 saturated heterocycles. The zero-order chi connectivity index (χ0) is 15.3. The van der Waals surface area contributed by atoms with Crippen molar-refractivity contribution in [3.63, 3.8) is 0 Å². The number of nitrogens with zero attached hydrogens (tertiary/aromatic N) is 1. The Hall–Kier alpha value is -2.09. The molecule has 2 N–H and O–H groups in total. The minimum atomic E-state index is -0.628. The van der Waals surface area contributed by atoms with Crippen molar-refractivity contribution in [2.45, 2.75) is 44.1 Å². The summed E-state index contributed by atoms with van der Waals surface area (Å²) in [5.41, 5.74) is -0.0733. The molecular weight excluding hydrogens is 269 g/mol. The molecule has 0 bridgehead atoms. The molecule has 21 heavy (non-hydrogen) atoms. The van der Waals surface area contributed by atoms with Gasteiger partial charge in [-0.2, -0.15) is 5.26 Å². The van der Waals surface area contributed by atoms with E-state index in [9.17, 15) is 14.4 Å². The Kier molecular flexibility index (Phi) is 4.79. The van der Waals surface area contributed by atoms with E-state index in [1.54, 1.807) is 6.07 Å². The van der Waals surface area contributed by atoms with E-state index in [4.69, 9.17) is 0 Å². The molecule has 5 heteroatoms. The number of hydrogen-bond acceptors (Lipinski definition) is 3. The van der Waals surface area contributed by atoms with Crippen LogP contribution in [-0.4, -0.2) is 18.5 Å². The first-order chi connectivity index (χ1) is 10.1. The summed E-state index contributed by atoms with van der Waals surface area (Å²) in [5, 5.41) is 15.1. The van der Waals surface area contributed by atoms with Gasteiger partial charge in [0.25, 0.3) is 5.91 Å². The smallest absolute Gasteiger partial charge is 0.253 e. The van der Waals surface area contributed by atoms with E-state index in [-0.39, 0.29) is 5.56 Å². The van der Waals surface area contributed by atoms with Crippen molar-refractivity contribution >= 4 is 11.6 Å². The molecule has 0 atom stereocenters. The van der Waals surface area contributed by atoms with E-state index < -0.39 is 17.3 Å². The van der Waals surface area contributed by atoms with Gasteiger partial charge in [-0.3, -0.25) is 4.79 Å². The second kappa shape index (κ2) is 6.57. The van der Waals surface area contributed by atoms with Crippen LogP contribution in [0.25, 0.3) is 0 Å². The summed E-state index contributed by atoms with van der Waals surface area (Å²) >= 11 is 0. The third-order valence-corrected chi connectivity index (χ3v) is 4.00. The van der Waals surface area contributed by atoms with Crippen LogP contribution in [0, 0.1) is 17.1 Å². The largest absolute Gasteiger partial charge is 0.367 e. The minimum Gasteiger partial charge on any atom is -0.367 e. The predicted octanol–water partition coefficient (Wildman–Crippen LogP) is 3.21. The molecule has 1 aromatic rings. The highest BCUT2D eigenvalue weighted by Gasteiger charge is 2.30. The molecular formula is C16H20FN3O. The van der Waals surface area contributed by atoms with Gasteiger partial charge in [0.15, 0.2) is 0 Å². The molecule has 0 unspecified atom stereocenters. The Labute approximate surface area is 124 Å². The van der Waals surface area contributed by atoms with Gasteiger partial charge in [0, 0.05) is 12.7 Å². The zero-order valence-corrected chi connectivity index (χ0v) is 12.2. The Morgan fingerprint density at radius 2 is 1.95 bits per heavy atom. The van der Waals surface area contributed by atoms with Gasteiger partial charge in [0.05, 0.1) is 11.6 Å². The van der Waals surface area contributed by atoms with Crippen molar-refractivity contribution in [2.75, 3.05) is 12.4 Å². The van der Waals surface area contributed by atoms with Crippen molar-refractivity contribution < 1.29 is 9.18 Å². The van der Waals surface area contributed by atoms with Gasteiger partial charge < -0.3 is 10.6 Å². The van der Waals surface area contributed by atoms with Crippen molar-refractivity contribution in [3.8, 4) is 6.07 Å². The van der Waals surface area contributed by atoms with Crippen LogP contribution in [0.1, 0.15) is 48.9 Å². The normalized spacial score (nSPS) is 17.4. The van der Waals surface area contributed by atoms with Gasteiger partial charge in [-0.15, -0.1) is 0 Å². The number of hydrogen-bond donors (Lipinski definition) is 2. The molecule has 2 rings (SSSR count). The first-order valence-electron chi connectivity index (χ1n) is 7.31. The standard InChI is InChI=1S/C16H20FN3O/c1-19-15(21)13-7-6-12(10-14(13)17)20-16(11-18)8-4-2-3-5-9-16/h6-7,10,20H,2-5,8-9H2,1H3,(H,19,21). The molecule has 0 heterocycles. The van der Waals surface area contributed by atoms with Crippen molar-refractivity contribution in [2.24, 2.45) is 0 Å². The maximum atomic E-state index is 14.0.